The maximum absolute atomic E-state index is 12.7. The number of carbonyl (C=O) groups is 1. The van der Waals surface area contributed by atoms with Gasteiger partial charge in [0, 0.05) is 39.8 Å². The molecular formula is C18H26N2O3. The number of benzene rings is 1. The van der Waals surface area contributed by atoms with E-state index in [-0.39, 0.29) is 18.1 Å². The lowest BCUT2D eigenvalue weighted by molar-refractivity contribution is -0.153. The van der Waals surface area contributed by atoms with Crippen molar-refractivity contribution in [1.29, 1.82) is 0 Å². The molecule has 2 saturated heterocycles. The molecule has 23 heavy (non-hydrogen) atoms. The lowest BCUT2D eigenvalue weighted by Gasteiger charge is -2.37. The predicted octanol–water partition coefficient (Wildman–Crippen LogP) is 1.52. The van der Waals surface area contributed by atoms with Crippen LogP contribution in [0.5, 0.6) is 0 Å². The third-order valence-corrected chi connectivity index (χ3v) is 4.70. The van der Waals surface area contributed by atoms with E-state index in [2.05, 4.69) is 29.2 Å². The number of nitrogens with zero attached hydrogens (tertiary/aromatic N) is 2. The van der Waals surface area contributed by atoms with E-state index in [1.54, 1.807) is 7.11 Å². The molecule has 2 heterocycles. The van der Waals surface area contributed by atoms with Crippen molar-refractivity contribution in [2.45, 2.75) is 31.6 Å². The highest BCUT2D eigenvalue weighted by Gasteiger charge is 2.32. The number of methoxy groups -OCH3 is 1. The van der Waals surface area contributed by atoms with Crippen molar-refractivity contribution in [2.75, 3.05) is 39.9 Å². The third-order valence-electron chi connectivity index (χ3n) is 4.70. The van der Waals surface area contributed by atoms with Gasteiger partial charge in [0.05, 0.1) is 12.7 Å². The zero-order valence-corrected chi connectivity index (χ0v) is 13.8. The first kappa shape index (κ1) is 16.4. The topological polar surface area (TPSA) is 42.0 Å². The van der Waals surface area contributed by atoms with Gasteiger partial charge in [-0.05, 0) is 18.4 Å². The number of rotatable bonds is 4. The van der Waals surface area contributed by atoms with Crippen LogP contribution in [0.1, 0.15) is 18.4 Å². The highest BCUT2D eigenvalue weighted by atomic mass is 16.5. The lowest BCUT2D eigenvalue weighted by Crippen LogP contribution is -2.53. The number of ether oxygens (including phenoxy) is 2. The van der Waals surface area contributed by atoms with E-state index in [9.17, 15) is 4.79 Å². The summed E-state index contributed by atoms with van der Waals surface area (Å²) in [4.78, 5) is 16.9. The van der Waals surface area contributed by atoms with Gasteiger partial charge < -0.3 is 14.4 Å². The van der Waals surface area contributed by atoms with Gasteiger partial charge in [0.1, 0.15) is 6.10 Å². The van der Waals surface area contributed by atoms with E-state index < -0.39 is 0 Å². The number of piperidine rings is 1. The number of likely N-dealkylation sites (tertiary alicyclic amines) is 1. The molecular weight excluding hydrogens is 292 g/mol. The molecule has 126 valence electrons. The maximum Gasteiger partial charge on any atom is 0.253 e. The highest BCUT2D eigenvalue weighted by Crippen LogP contribution is 2.17. The highest BCUT2D eigenvalue weighted by molar-refractivity contribution is 5.81. The summed E-state index contributed by atoms with van der Waals surface area (Å²) in [6.07, 6.45) is 1.86. The molecule has 0 aromatic heterocycles. The van der Waals surface area contributed by atoms with Crippen LogP contribution in [0.25, 0.3) is 0 Å². The molecule has 2 atom stereocenters. The van der Waals surface area contributed by atoms with Gasteiger partial charge in [-0.2, -0.15) is 0 Å². The smallest absolute Gasteiger partial charge is 0.253 e. The van der Waals surface area contributed by atoms with Crippen LogP contribution in [0.4, 0.5) is 0 Å². The summed E-state index contributed by atoms with van der Waals surface area (Å²) in [7, 11) is 1.72. The molecule has 0 aliphatic carbocycles. The molecule has 1 amide bonds. The van der Waals surface area contributed by atoms with Crippen molar-refractivity contribution in [2.24, 2.45) is 0 Å². The monoisotopic (exact) mass is 318 g/mol. The summed E-state index contributed by atoms with van der Waals surface area (Å²) in [5.74, 6) is 0.115. The molecule has 1 aromatic carbocycles. The Bertz CT molecular complexity index is 508. The number of amides is 1. The number of hydrogen-bond acceptors (Lipinski definition) is 4. The van der Waals surface area contributed by atoms with E-state index in [4.69, 9.17) is 9.47 Å². The van der Waals surface area contributed by atoms with Gasteiger partial charge in [-0.1, -0.05) is 30.3 Å². The fraction of sp³-hybridized carbons (Fsp3) is 0.611. The molecule has 2 aliphatic heterocycles. The molecule has 0 spiro atoms. The van der Waals surface area contributed by atoms with E-state index in [0.717, 1.165) is 32.5 Å². The molecule has 5 heteroatoms. The summed E-state index contributed by atoms with van der Waals surface area (Å²) in [6, 6.07) is 10.4. The zero-order valence-electron chi connectivity index (χ0n) is 13.8. The Hall–Kier alpha value is -1.43. The van der Waals surface area contributed by atoms with Crippen LogP contribution >= 0.6 is 0 Å². The summed E-state index contributed by atoms with van der Waals surface area (Å²) in [6.45, 7) is 4.53. The first-order valence-corrected chi connectivity index (χ1v) is 8.45. The molecule has 1 aromatic rings. The molecule has 2 aliphatic rings. The van der Waals surface area contributed by atoms with Crippen LogP contribution in [0.3, 0.4) is 0 Å². The Morgan fingerprint density at radius 3 is 2.87 bits per heavy atom. The van der Waals surface area contributed by atoms with Gasteiger partial charge in [-0.15, -0.1) is 0 Å². The van der Waals surface area contributed by atoms with Crippen LogP contribution in [0.2, 0.25) is 0 Å². The second-order valence-corrected chi connectivity index (χ2v) is 6.36. The van der Waals surface area contributed by atoms with Crippen molar-refractivity contribution >= 4 is 5.91 Å². The van der Waals surface area contributed by atoms with Crippen LogP contribution in [0.15, 0.2) is 30.3 Å². The second kappa shape index (κ2) is 7.90. The van der Waals surface area contributed by atoms with E-state index in [1.165, 1.54) is 5.56 Å². The van der Waals surface area contributed by atoms with E-state index in [0.29, 0.717) is 19.7 Å². The van der Waals surface area contributed by atoms with Gasteiger partial charge in [0.25, 0.3) is 5.91 Å². The Balaban J connectivity index is 1.56. The van der Waals surface area contributed by atoms with Crippen LogP contribution in [-0.2, 0) is 20.8 Å². The summed E-state index contributed by atoms with van der Waals surface area (Å²) < 4.78 is 11.2. The quantitative estimate of drug-likeness (QED) is 0.844. The summed E-state index contributed by atoms with van der Waals surface area (Å²) in [5.41, 5.74) is 1.28. The van der Waals surface area contributed by atoms with Crippen molar-refractivity contribution in [1.82, 2.24) is 9.80 Å². The molecule has 5 nitrogen and oxygen atoms in total. The molecule has 0 bridgehead atoms. The van der Waals surface area contributed by atoms with Gasteiger partial charge in [0.15, 0.2) is 0 Å². The Kier molecular flexibility index (Phi) is 5.65. The second-order valence-electron chi connectivity index (χ2n) is 6.36. The fourth-order valence-electron chi connectivity index (χ4n) is 3.37. The van der Waals surface area contributed by atoms with E-state index >= 15 is 0 Å². The predicted molar refractivity (Wildman–Crippen MR) is 88.1 cm³/mol. The average Bonchev–Trinajstić information content (AvgIpc) is 2.62. The number of morpholine rings is 1. The maximum atomic E-state index is 12.7. The number of hydrogen-bond donors (Lipinski definition) is 0. The molecule has 2 fully saturated rings. The average molecular weight is 318 g/mol. The first-order chi connectivity index (χ1) is 11.3. The molecule has 0 N–H and O–H groups in total. The van der Waals surface area contributed by atoms with Crippen LogP contribution in [0, 0.1) is 0 Å². The van der Waals surface area contributed by atoms with Gasteiger partial charge in [-0.3, -0.25) is 9.69 Å². The molecule has 0 saturated carbocycles. The lowest BCUT2D eigenvalue weighted by atomic mass is 10.1. The molecule has 0 unspecified atom stereocenters. The van der Waals surface area contributed by atoms with Gasteiger partial charge in [-0.25, -0.2) is 0 Å². The normalized spacial score (nSPS) is 26.2. The Morgan fingerprint density at radius 1 is 1.26 bits per heavy atom. The minimum Gasteiger partial charge on any atom is -0.380 e. The zero-order chi connectivity index (χ0) is 16.1. The number of carbonyl (C=O) groups excluding carboxylic acids is 1. The minimum absolute atomic E-state index is 0.115. The largest absolute Gasteiger partial charge is 0.380 e. The Labute approximate surface area is 138 Å². The van der Waals surface area contributed by atoms with Crippen molar-refractivity contribution in [3.63, 3.8) is 0 Å². The third kappa shape index (κ3) is 4.31. The standard InChI is InChI=1S/C18H26N2O3/c1-22-16-8-5-9-20(13-16)18(21)17-14-19(10-11-23-17)12-15-6-3-2-4-7-15/h2-4,6-7,16-17H,5,8-14H2,1H3/t16-,17-/m1/s1. The van der Waals surface area contributed by atoms with Gasteiger partial charge in [0.2, 0.25) is 0 Å². The van der Waals surface area contributed by atoms with Crippen molar-refractivity contribution < 1.29 is 14.3 Å². The van der Waals surface area contributed by atoms with Crippen molar-refractivity contribution in [3.8, 4) is 0 Å². The SMILES string of the molecule is CO[C@@H]1CCCN(C(=O)[C@H]2CN(Cc3ccccc3)CCO2)C1. The molecule has 0 radical (unpaired) electrons. The summed E-state index contributed by atoms with van der Waals surface area (Å²) in [5, 5.41) is 0. The van der Waals surface area contributed by atoms with Gasteiger partial charge >= 0.3 is 0 Å². The van der Waals surface area contributed by atoms with E-state index in [1.807, 2.05) is 11.0 Å². The molecule has 3 rings (SSSR count). The van der Waals surface area contributed by atoms with Crippen LogP contribution < -0.4 is 0 Å². The Morgan fingerprint density at radius 2 is 2.09 bits per heavy atom. The van der Waals surface area contributed by atoms with Crippen molar-refractivity contribution in [3.05, 3.63) is 35.9 Å². The first-order valence-electron chi connectivity index (χ1n) is 8.45. The fourth-order valence-corrected chi connectivity index (χ4v) is 3.37. The van der Waals surface area contributed by atoms with Crippen LogP contribution in [-0.4, -0.2) is 67.8 Å². The minimum atomic E-state index is -0.344. The summed E-state index contributed by atoms with van der Waals surface area (Å²) >= 11 is 0.